The van der Waals surface area contributed by atoms with Gasteiger partial charge < -0.3 is 4.84 Å². The third kappa shape index (κ3) is 1.41. The average molecular weight is 192 g/mol. The van der Waals surface area contributed by atoms with Gasteiger partial charge in [0.15, 0.2) is 0 Å². The summed E-state index contributed by atoms with van der Waals surface area (Å²) >= 11 is 0. The standard InChI is InChI=1S/C8H8N4O2/c1-2-7(13)14-12-8-6(10-11-12)4-3-5-9-8/h3-5H,2H2,1H3. The molecule has 0 aliphatic rings. The van der Waals surface area contributed by atoms with Crippen LogP contribution in [0.1, 0.15) is 13.3 Å². The summed E-state index contributed by atoms with van der Waals surface area (Å²) in [5.74, 6) is -0.373. The van der Waals surface area contributed by atoms with E-state index in [2.05, 4.69) is 15.3 Å². The molecule has 0 aliphatic carbocycles. The van der Waals surface area contributed by atoms with Crippen molar-refractivity contribution in [3.8, 4) is 0 Å². The second-order valence-corrected chi connectivity index (χ2v) is 2.63. The third-order valence-electron chi connectivity index (χ3n) is 1.66. The molecule has 0 aliphatic heterocycles. The molecule has 2 heterocycles. The Labute approximate surface area is 79.5 Å². The maximum atomic E-state index is 11.0. The highest BCUT2D eigenvalue weighted by atomic mass is 16.7. The minimum Gasteiger partial charge on any atom is -0.316 e. The largest absolute Gasteiger partial charge is 0.334 e. The van der Waals surface area contributed by atoms with Crippen molar-refractivity contribution in [2.24, 2.45) is 0 Å². The summed E-state index contributed by atoms with van der Waals surface area (Å²) in [5.41, 5.74) is 1.03. The summed E-state index contributed by atoms with van der Waals surface area (Å²) in [6, 6.07) is 3.48. The molecule has 6 heteroatoms. The molecule has 2 aromatic heterocycles. The summed E-state index contributed by atoms with van der Waals surface area (Å²) in [7, 11) is 0. The lowest BCUT2D eigenvalue weighted by Crippen LogP contribution is -2.20. The number of rotatable bonds is 2. The molecular weight excluding hydrogens is 184 g/mol. The SMILES string of the molecule is CCC(=O)On1nnc2cccnc21. The van der Waals surface area contributed by atoms with E-state index in [1.165, 1.54) is 0 Å². The molecule has 0 saturated carbocycles. The Kier molecular flexibility index (Phi) is 2.10. The van der Waals surface area contributed by atoms with Crippen LogP contribution in [0.3, 0.4) is 0 Å². The van der Waals surface area contributed by atoms with Gasteiger partial charge in [0, 0.05) is 12.6 Å². The minimum absolute atomic E-state index is 0.286. The first-order valence-electron chi connectivity index (χ1n) is 4.19. The molecule has 0 amide bonds. The van der Waals surface area contributed by atoms with Crippen molar-refractivity contribution in [3.63, 3.8) is 0 Å². The summed E-state index contributed by atoms with van der Waals surface area (Å²) in [4.78, 5) is 20.9. The van der Waals surface area contributed by atoms with Gasteiger partial charge in [-0.25, -0.2) is 9.78 Å². The number of hydrogen-bond acceptors (Lipinski definition) is 5. The fourth-order valence-electron chi connectivity index (χ4n) is 0.968. The highest BCUT2D eigenvalue weighted by molar-refractivity contribution is 5.72. The van der Waals surface area contributed by atoms with Gasteiger partial charge in [-0.15, -0.1) is 5.10 Å². The highest BCUT2D eigenvalue weighted by Gasteiger charge is 2.08. The lowest BCUT2D eigenvalue weighted by Gasteiger charge is -1.99. The maximum Gasteiger partial charge on any atom is 0.334 e. The molecule has 0 radical (unpaired) electrons. The van der Waals surface area contributed by atoms with E-state index in [-0.39, 0.29) is 12.4 Å². The fraction of sp³-hybridized carbons (Fsp3) is 0.250. The number of nitrogens with zero attached hydrogens (tertiary/aromatic N) is 4. The number of hydrogen-bond donors (Lipinski definition) is 0. The van der Waals surface area contributed by atoms with Crippen LogP contribution in [-0.2, 0) is 4.79 Å². The first kappa shape index (κ1) is 8.61. The topological polar surface area (TPSA) is 69.9 Å². The Morgan fingerprint density at radius 3 is 3.29 bits per heavy atom. The molecule has 72 valence electrons. The van der Waals surface area contributed by atoms with Gasteiger partial charge in [-0.05, 0) is 22.2 Å². The van der Waals surface area contributed by atoms with Crippen LogP contribution in [0.15, 0.2) is 18.3 Å². The lowest BCUT2D eigenvalue weighted by molar-refractivity contribution is -0.145. The van der Waals surface area contributed by atoms with Crippen LogP contribution >= 0.6 is 0 Å². The summed E-state index contributed by atoms with van der Waals surface area (Å²) in [5, 5.41) is 7.42. The Morgan fingerprint density at radius 2 is 2.50 bits per heavy atom. The zero-order chi connectivity index (χ0) is 9.97. The summed E-state index contributed by atoms with van der Waals surface area (Å²) in [6.45, 7) is 1.70. The van der Waals surface area contributed by atoms with E-state index >= 15 is 0 Å². The normalized spacial score (nSPS) is 10.4. The predicted molar refractivity (Wildman–Crippen MR) is 47.2 cm³/mol. The summed E-state index contributed by atoms with van der Waals surface area (Å²) < 4.78 is 0. The highest BCUT2D eigenvalue weighted by Crippen LogP contribution is 2.04. The van der Waals surface area contributed by atoms with Crippen molar-refractivity contribution in [3.05, 3.63) is 18.3 Å². The molecule has 0 unspecified atom stereocenters. The van der Waals surface area contributed by atoms with Crippen LogP contribution in [0.4, 0.5) is 0 Å². The van der Waals surface area contributed by atoms with Crippen molar-refractivity contribution < 1.29 is 9.63 Å². The van der Waals surface area contributed by atoms with E-state index in [1.54, 1.807) is 25.3 Å². The molecule has 0 spiro atoms. The van der Waals surface area contributed by atoms with Gasteiger partial charge in [-0.2, -0.15) is 0 Å². The molecular formula is C8H8N4O2. The second-order valence-electron chi connectivity index (χ2n) is 2.63. The average Bonchev–Trinajstić information content (AvgIpc) is 2.62. The van der Waals surface area contributed by atoms with Crippen LogP contribution in [0.5, 0.6) is 0 Å². The predicted octanol–water partition coefficient (Wildman–Crippen LogP) is 0.191. The molecule has 0 aromatic carbocycles. The van der Waals surface area contributed by atoms with Gasteiger partial charge in [-0.3, -0.25) is 0 Å². The van der Waals surface area contributed by atoms with Crippen LogP contribution in [0.25, 0.3) is 11.2 Å². The van der Waals surface area contributed by atoms with Crippen molar-refractivity contribution in [2.75, 3.05) is 0 Å². The molecule has 2 aromatic rings. The van der Waals surface area contributed by atoms with Crippen LogP contribution in [-0.4, -0.2) is 26.1 Å². The fourth-order valence-corrected chi connectivity index (χ4v) is 0.968. The van der Waals surface area contributed by atoms with Gasteiger partial charge in [-0.1, -0.05) is 6.92 Å². The van der Waals surface area contributed by atoms with E-state index in [4.69, 9.17) is 4.84 Å². The molecule has 2 rings (SSSR count). The Bertz CT molecular complexity index is 465. The number of pyridine rings is 1. The van der Waals surface area contributed by atoms with Crippen molar-refractivity contribution in [1.29, 1.82) is 0 Å². The zero-order valence-electron chi connectivity index (χ0n) is 7.54. The van der Waals surface area contributed by atoms with Crippen molar-refractivity contribution in [1.82, 2.24) is 20.1 Å². The van der Waals surface area contributed by atoms with E-state index in [0.29, 0.717) is 11.2 Å². The minimum atomic E-state index is -0.373. The first-order chi connectivity index (χ1) is 6.81. The smallest absolute Gasteiger partial charge is 0.316 e. The van der Waals surface area contributed by atoms with Crippen LogP contribution in [0.2, 0.25) is 0 Å². The van der Waals surface area contributed by atoms with Gasteiger partial charge in [0.1, 0.15) is 5.52 Å². The lowest BCUT2D eigenvalue weighted by atomic mass is 10.4. The molecule has 0 fully saturated rings. The zero-order valence-corrected chi connectivity index (χ0v) is 7.54. The van der Waals surface area contributed by atoms with E-state index in [0.717, 1.165) is 4.85 Å². The molecule has 0 N–H and O–H groups in total. The van der Waals surface area contributed by atoms with E-state index in [1.807, 2.05) is 0 Å². The quantitative estimate of drug-likeness (QED) is 0.635. The Hall–Kier alpha value is -1.98. The van der Waals surface area contributed by atoms with Crippen molar-refractivity contribution in [2.45, 2.75) is 13.3 Å². The monoisotopic (exact) mass is 192 g/mol. The van der Waals surface area contributed by atoms with Gasteiger partial charge >= 0.3 is 5.97 Å². The molecule has 14 heavy (non-hydrogen) atoms. The molecule has 6 nitrogen and oxygen atoms in total. The molecule has 0 bridgehead atoms. The number of carbonyl (C=O) groups is 1. The van der Waals surface area contributed by atoms with Crippen LogP contribution in [0, 0.1) is 0 Å². The van der Waals surface area contributed by atoms with Crippen LogP contribution < -0.4 is 4.84 Å². The van der Waals surface area contributed by atoms with Gasteiger partial charge in [0.25, 0.3) is 0 Å². The van der Waals surface area contributed by atoms with E-state index < -0.39 is 0 Å². The molecule has 0 atom stereocenters. The van der Waals surface area contributed by atoms with Crippen molar-refractivity contribution >= 4 is 17.1 Å². The second kappa shape index (κ2) is 3.41. The van der Waals surface area contributed by atoms with Gasteiger partial charge in [0.2, 0.25) is 5.65 Å². The maximum absolute atomic E-state index is 11.0. The Balaban J connectivity index is 2.38. The van der Waals surface area contributed by atoms with Gasteiger partial charge in [0.05, 0.1) is 0 Å². The number of aromatic nitrogens is 4. The summed E-state index contributed by atoms with van der Waals surface area (Å²) in [6.07, 6.45) is 1.87. The first-order valence-corrected chi connectivity index (χ1v) is 4.19. The Morgan fingerprint density at radius 1 is 1.64 bits per heavy atom. The van der Waals surface area contributed by atoms with E-state index in [9.17, 15) is 4.79 Å². The number of carbonyl (C=O) groups excluding carboxylic acids is 1. The third-order valence-corrected chi connectivity index (χ3v) is 1.66. The molecule has 0 saturated heterocycles. The number of fused-ring (bicyclic) bond motifs is 1.